The van der Waals surface area contributed by atoms with Crippen LogP contribution in [-0.2, 0) is 4.79 Å². The van der Waals surface area contributed by atoms with E-state index in [0.717, 1.165) is 43.4 Å². The van der Waals surface area contributed by atoms with Gasteiger partial charge in [-0.2, -0.15) is 0 Å². The molecule has 8 nitrogen and oxygen atoms in total. The van der Waals surface area contributed by atoms with E-state index in [0.29, 0.717) is 17.1 Å². The van der Waals surface area contributed by atoms with Gasteiger partial charge in [-0.15, -0.1) is 0 Å². The molecule has 8 heteroatoms. The Morgan fingerprint density at radius 2 is 1.83 bits per heavy atom. The third-order valence-corrected chi connectivity index (χ3v) is 7.77. The summed E-state index contributed by atoms with van der Waals surface area (Å²) in [5.74, 6) is 1.25. The number of aliphatic hydroxyl groups excluding tert-OH is 1. The zero-order valence-electron chi connectivity index (χ0n) is 19.5. The molecule has 184 valence electrons. The van der Waals surface area contributed by atoms with Crippen LogP contribution < -0.4 is 14.4 Å². The van der Waals surface area contributed by atoms with Gasteiger partial charge in [0.15, 0.2) is 17.8 Å². The van der Waals surface area contributed by atoms with Crippen molar-refractivity contribution in [1.29, 1.82) is 0 Å². The highest BCUT2D eigenvalue weighted by atomic mass is 16.7. The minimum absolute atomic E-state index is 0.00898. The molecule has 0 radical (unpaired) electrons. The van der Waals surface area contributed by atoms with Gasteiger partial charge in [0, 0.05) is 42.1 Å². The Bertz CT molecular complexity index is 1150. The quantitative estimate of drug-likeness (QED) is 0.618. The van der Waals surface area contributed by atoms with E-state index in [9.17, 15) is 19.8 Å². The first-order valence-corrected chi connectivity index (χ1v) is 12.5. The van der Waals surface area contributed by atoms with Crippen LogP contribution in [0.2, 0.25) is 0 Å². The van der Waals surface area contributed by atoms with Crippen LogP contribution in [0.5, 0.6) is 11.5 Å². The Morgan fingerprint density at radius 3 is 2.63 bits per heavy atom. The third-order valence-electron chi connectivity index (χ3n) is 7.77. The fourth-order valence-electron chi connectivity index (χ4n) is 6.13. The number of para-hydroxylation sites is 1. The number of hydrogen-bond acceptors (Lipinski definition) is 6. The summed E-state index contributed by atoms with van der Waals surface area (Å²) in [5, 5.41) is 18.7. The van der Waals surface area contributed by atoms with Gasteiger partial charge in [0.2, 0.25) is 12.7 Å². The van der Waals surface area contributed by atoms with E-state index < -0.39 is 6.29 Å². The van der Waals surface area contributed by atoms with Crippen molar-refractivity contribution in [2.24, 2.45) is 5.92 Å². The van der Waals surface area contributed by atoms with Crippen molar-refractivity contribution in [1.82, 2.24) is 4.90 Å². The molecule has 2 amide bonds. The molecule has 2 saturated carbocycles. The smallest absolute Gasteiger partial charge is 0.258 e. The van der Waals surface area contributed by atoms with Gasteiger partial charge < -0.3 is 29.5 Å². The SMILES string of the molecule is O=C(c1ccc2c(c1)OCO2)N1c2ccccc2C(N(C(=O)CCC(O)O)C2CC2)C2CCCC21. The lowest BCUT2D eigenvalue weighted by molar-refractivity contribution is -0.138. The maximum atomic E-state index is 13.9. The summed E-state index contributed by atoms with van der Waals surface area (Å²) in [6.45, 7) is 0.157. The molecular formula is C27H30N2O6. The molecule has 0 bridgehead atoms. The molecule has 2 heterocycles. The van der Waals surface area contributed by atoms with Crippen LogP contribution >= 0.6 is 0 Å². The summed E-state index contributed by atoms with van der Waals surface area (Å²) in [4.78, 5) is 31.2. The molecule has 2 aliphatic carbocycles. The van der Waals surface area contributed by atoms with Gasteiger partial charge in [-0.25, -0.2) is 0 Å². The molecule has 6 rings (SSSR count). The molecule has 0 saturated heterocycles. The van der Waals surface area contributed by atoms with Crippen LogP contribution in [-0.4, -0.2) is 52.1 Å². The number of carbonyl (C=O) groups excluding carboxylic acids is 2. The summed E-state index contributed by atoms with van der Waals surface area (Å²) in [5.41, 5.74) is 2.40. The molecule has 0 aromatic heterocycles. The van der Waals surface area contributed by atoms with Crippen LogP contribution in [0.25, 0.3) is 0 Å². The van der Waals surface area contributed by atoms with Crippen molar-refractivity contribution >= 4 is 17.5 Å². The van der Waals surface area contributed by atoms with Crippen LogP contribution in [0.3, 0.4) is 0 Å². The summed E-state index contributed by atoms with van der Waals surface area (Å²) < 4.78 is 10.9. The van der Waals surface area contributed by atoms with E-state index in [-0.39, 0.29) is 55.5 Å². The first-order valence-electron chi connectivity index (χ1n) is 12.5. The number of carbonyl (C=O) groups is 2. The normalized spacial score (nSPS) is 24.3. The highest BCUT2D eigenvalue weighted by Gasteiger charge is 2.51. The molecule has 3 atom stereocenters. The van der Waals surface area contributed by atoms with E-state index in [1.807, 2.05) is 34.1 Å². The van der Waals surface area contributed by atoms with Crippen molar-refractivity contribution in [3.8, 4) is 11.5 Å². The molecule has 2 aromatic carbocycles. The average molecular weight is 479 g/mol. The van der Waals surface area contributed by atoms with Crippen LogP contribution in [0.1, 0.15) is 66.9 Å². The zero-order chi connectivity index (χ0) is 24.1. The van der Waals surface area contributed by atoms with E-state index in [1.165, 1.54) is 0 Å². The lowest BCUT2D eigenvalue weighted by Gasteiger charge is -2.48. The van der Waals surface area contributed by atoms with Crippen LogP contribution in [0, 0.1) is 5.92 Å². The first-order chi connectivity index (χ1) is 17.0. The largest absolute Gasteiger partial charge is 0.454 e. The molecule has 35 heavy (non-hydrogen) atoms. The van der Waals surface area contributed by atoms with E-state index in [1.54, 1.807) is 18.2 Å². The monoisotopic (exact) mass is 478 g/mol. The molecule has 2 aliphatic heterocycles. The van der Waals surface area contributed by atoms with Gasteiger partial charge in [0.05, 0.1) is 6.04 Å². The average Bonchev–Trinajstić information content (AvgIpc) is 3.37. The molecule has 2 N–H and O–H groups in total. The number of aliphatic hydroxyl groups is 2. The summed E-state index contributed by atoms with van der Waals surface area (Å²) in [6, 6.07) is 13.3. The maximum absolute atomic E-state index is 13.9. The third kappa shape index (κ3) is 3.94. The van der Waals surface area contributed by atoms with E-state index in [4.69, 9.17) is 9.47 Å². The lowest BCUT2D eigenvalue weighted by Crippen LogP contribution is -2.53. The van der Waals surface area contributed by atoms with Gasteiger partial charge >= 0.3 is 0 Å². The Kier molecular flexibility index (Phi) is 5.65. The molecule has 4 aliphatic rings. The van der Waals surface area contributed by atoms with Crippen LogP contribution in [0.15, 0.2) is 42.5 Å². The topological polar surface area (TPSA) is 99.5 Å². The number of nitrogens with zero attached hydrogens (tertiary/aromatic N) is 2. The number of anilines is 1. The predicted molar refractivity (Wildman–Crippen MR) is 127 cm³/mol. The summed E-state index contributed by atoms with van der Waals surface area (Å²) in [7, 11) is 0. The second-order valence-electron chi connectivity index (χ2n) is 9.96. The highest BCUT2D eigenvalue weighted by molar-refractivity contribution is 6.08. The van der Waals surface area contributed by atoms with Gasteiger partial charge in [-0.05, 0) is 55.5 Å². The zero-order valence-corrected chi connectivity index (χ0v) is 19.5. The second kappa shape index (κ2) is 8.84. The van der Waals surface area contributed by atoms with Gasteiger partial charge in [-0.1, -0.05) is 24.6 Å². The maximum Gasteiger partial charge on any atom is 0.258 e. The van der Waals surface area contributed by atoms with Gasteiger partial charge in [0.25, 0.3) is 5.91 Å². The molecule has 2 fully saturated rings. The van der Waals surface area contributed by atoms with Crippen molar-refractivity contribution in [2.45, 2.75) is 69.4 Å². The van der Waals surface area contributed by atoms with E-state index >= 15 is 0 Å². The van der Waals surface area contributed by atoms with Crippen molar-refractivity contribution in [2.75, 3.05) is 11.7 Å². The van der Waals surface area contributed by atoms with E-state index in [2.05, 4.69) is 0 Å². The molecular weight excluding hydrogens is 448 g/mol. The minimum Gasteiger partial charge on any atom is -0.454 e. The fraction of sp³-hybridized carbons (Fsp3) is 0.481. The second-order valence-corrected chi connectivity index (χ2v) is 9.96. The van der Waals surface area contributed by atoms with Crippen molar-refractivity contribution in [3.05, 3.63) is 53.6 Å². The van der Waals surface area contributed by atoms with Crippen molar-refractivity contribution < 1.29 is 29.3 Å². The number of fused-ring (bicyclic) bond motifs is 3. The molecule has 3 unspecified atom stereocenters. The number of amides is 2. The summed E-state index contributed by atoms with van der Waals surface area (Å²) in [6.07, 6.45) is 3.37. The Balaban J connectivity index is 1.39. The standard InChI is InChI=1S/C27H30N2O6/c30-24(12-13-25(31)32)28(17-9-10-17)26-18-4-1-2-6-20(18)29(21-7-3-5-19(21)26)27(33)16-8-11-22-23(14-16)35-15-34-22/h1-2,4,6,8,11,14,17,19,21,25-26,31-32H,3,5,7,9-10,12-13,15H2. The fourth-order valence-corrected chi connectivity index (χ4v) is 6.13. The number of benzene rings is 2. The van der Waals surface area contributed by atoms with Crippen molar-refractivity contribution in [3.63, 3.8) is 0 Å². The Hall–Kier alpha value is -3.10. The Labute approximate surface area is 204 Å². The van der Waals surface area contributed by atoms with Gasteiger partial charge in [-0.3, -0.25) is 9.59 Å². The van der Waals surface area contributed by atoms with Crippen LogP contribution in [0.4, 0.5) is 5.69 Å². The highest BCUT2D eigenvalue weighted by Crippen LogP contribution is 2.53. The number of ether oxygens (including phenoxy) is 2. The predicted octanol–water partition coefficient (Wildman–Crippen LogP) is 3.37. The van der Waals surface area contributed by atoms with Gasteiger partial charge in [0.1, 0.15) is 0 Å². The lowest BCUT2D eigenvalue weighted by atomic mass is 9.81. The number of hydrogen-bond donors (Lipinski definition) is 2. The first kappa shape index (κ1) is 22.4. The number of rotatable bonds is 6. The summed E-state index contributed by atoms with van der Waals surface area (Å²) >= 11 is 0. The molecule has 0 spiro atoms. The molecule has 2 aromatic rings. The Morgan fingerprint density at radius 1 is 1.03 bits per heavy atom. The minimum atomic E-state index is -1.49.